The fourth-order valence-corrected chi connectivity index (χ4v) is 4.80. The number of hydrogen-bond donors (Lipinski definition) is 1. The number of amides is 1. The highest BCUT2D eigenvalue weighted by atomic mass is 35.5. The molecule has 5 nitrogen and oxygen atoms in total. The number of carbonyl (C=O) groups is 1. The minimum absolute atomic E-state index is 0.0143. The van der Waals surface area contributed by atoms with E-state index in [-0.39, 0.29) is 11.9 Å². The van der Waals surface area contributed by atoms with E-state index in [0.29, 0.717) is 27.8 Å². The molecule has 3 rings (SSSR count). The van der Waals surface area contributed by atoms with Crippen molar-refractivity contribution >= 4 is 40.9 Å². The molecule has 29 heavy (non-hydrogen) atoms. The Hall–Kier alpha value is -1.24. The van der Waals surface area contributed by atoms with E-state index in [1.807, 2.05) is 19.1 Å². The molecule has 1 atom stereocenters. The number of rotatable bonds is 7. The fraction of sp³-hybridized carbons (Fsp3) is 0.571. The highest BCUT2D eigenvalue weighted by Gasteiger charge is 2.25. The summed E-state index contributed by atoms with van der Waals surface area (Å²) in [5, 5.41) is 13.8. The van der Waals surface area contributed by atoms with Gasteiger partial charge in [-0.15, -0.1) is 10.2 Å². The Morgan fingerprint density at radius 1 is 1.21 bits per heavy atom. The van der Waals surface area contributed by atoms with Gasteiger partial charge in [-0.1, -0.05) is 68.1 Å². The third-order valence-corrected chi connectivity index (χ3v) is 6.99. The summed E-state index contributed by atoms with van der Waals surface area (Å²) in [6.45, 7) is 6.22. The number of carbonyl (C=O) groups excluding carboxylic acids is 1. The Morgan fingerprint density at radius 2 is 1.93 bits per heavy atom. The first-order chi connectivity index (χ1) is 13.9. The molecule has 1 N–H and O–H groups in total. The molecule has 0 unspecified atom stereocenters. The van der Waals surface area contributed by atoms with Crippen molar-refractivity contribution in [2.75, 3.05) is 5.75 Å². The molecule has 1 fully saturated rings. The summed E-state index contributed by atoms with van der Waals surface area (Å²) in [7, 11) is 0. The lowest BCUT2D eigenvalue weighted by Gasteiger charge is -2.26. The van der Waals surface area contributed by atoms with Crippen molar-refractivity contribution in [2.24, 2.45) is 5.92 Å². The lowest BCUT2D eigenvalue weighted by atomic mass is 9.95. The van der Waals surface area contributed by atoms with E-state index in [0.717, 1.165) is 29.4 Å². The van der Waals surface area contributed by atoms with Crippen LogP contribution in [0.2, 0.25) is 10.0 Å². The summed E-state index contributed by atoms with van der Waals surface area (Å²) < 4.78 is 2.18. The van der Waals surface area contributed by atoms with Crippen LogP contribution in [0.5, 0.6) is 0 Å². The molecule has 0 saturated heterocycles. The lowest BCUT2D eigenvalue weighted by Crippen LogP contribution is -2.37. The summed E-state index contributed by atoms with van der Waals surface area (Å²) >= 11 is 14.0. The Labute approximate surface area is 186 Å². The van der Waals surface area contributed by atoms with Crippen LogP contribution in [0, 0.1) is 5.92 Å². The van der Waals surface area contributed by atoms with Crippen LogP contribution in [0.1, 0.15) is 58.9 Å². The van der Waals surface area contributed by atoms with Crippen LogP contribution in [0.3, 0.4) is 0 Å². The van der Waals surface area contributed by atoms with Crippen LogP contribution >= 0.6 is 35.0 Å². The SMILES string of the molecule is CC(C)[C@H](C)NC(=O)CSc1nnc(-c2ccc(Cl)cc2Cl)n1C1CCCCC1. The highest BCUT2D eigenvalue weighted by Crippen LogP contribution is 2.38. The van der Waals surface area contributed by atoms with Crippen LogP contribution in [0.4, 0.5) is 0 Å². The van der Waals surface area contributed by atoms with Gasteiger partial charge in [-0.05, 0) is 43.9 Å². The number of nitrogens with zero attached hydrogens (tertiary/aromatic N) is 3. The predicted octanol–water partition coefficient (Wildman–Crippen LogP) is 6.01. The van der Waals surface area contributed by atoms with Gasteiger partial charge in [0, 0.05) is 22.7 Å². The maximum Gasteiger partial charge on any atom is 0.230 e. The van der Waals surface area contributed by atoms with E-state index in [9.17, 15) is 4.79 Å². The Balaban J connectivity index is 1.85. The second kappa shape index (κ2) is 10.2. The number of aromatic nitrogens is 3. The van der Waals surface area contributed by atoms with Crippen LogP contribution in [-0.2, 0) is 4.79 Å². The first-order valence-electron chi connectivity index (χ1n) is 10.2. The van der Waals surface area contributed by atoms with Gasteiger partial charge in [0.1, 0.15) is 0 Å². The zero-order valence-electron chi connectivity index (χ0n) is 17.1. The van der Waals surface area contributed by atoms with E-state index >= 15 is 0 Å². The molecule has 0 aliphatic heterocycles. The second-order valence-corrected chi connectivity index (χ2v) is 9.77. The van der Waals surface area contributed by atoms with Gasteiger partial charge in [0.05, 0.1) is 10.8 Å². The number of nitrogens with one attached hydrogen (secondary N) is 1. The third-order valence-electron chi connectivity index (χ3n) is 5.50. The number of benzene rings is 1. The lowest BCUT2D eigenvalue weighted by molar-refractivity contribution is -0.119. The van der Waals surface area contributed by atoms with Crippen molar-refractivity contribution in [1.29, 1.82) is 0 Å². The van der Waals surface area contributed by atoms with Gasteiger partial charge in [0.25, 0.3) is 0 Å². The standard InChI is InChI=1S/C21H28Cl2N4OS/c1-13(2)14(3)24-19(28)12-29-21-26-25-20(17-10-9-15(22)11-18(17)23)27(21)16-7-5-4-6-8-16/h9-11,13-14,16H,4-8,12H2,1-3H3,(H,24,28)/t14-/m0/s1. The number of thioether (sulfide) groups is 1. The van der Waals surface area contributed by atoms with Crippen LogP contribution in [-0.4, -0.2) is 32.5 Å². The zero-order valence-corrected chi connectivity index (χ0v) is 19.4. The normalized spacial score (nSPS) is 16.2. The van der Waals surface area contributed by atoms with Gasteiger partial charge in [0.15, 0.2) is 11.0 Å². The van der Waals surface area contributed by atoms with E-state index in [2.05, 4.69) is 33.9 Å². The van der Waals surface area contributed by atoms with Crippen molar-refractivity contribution in [1.82, 2.24) is 20.1 Å². The quantitative estimate of drug-likeness (QED) is 0.520. The van der Waals surface area contributed by atoms with Crippen molar-refractivity contribution in [2.45, 2.75) is 70.1 Å². The minimum atomic E-state index is 0.0143. The fourth-order valence-electron chi connectivity index (χ4n) is 3.49. The van der Waals surface area contributed by atoms with Crippen LogP contribution < -0.4 is 5.32 Å². The maximum absolute atomic E-state index is 12.4. The molecular formula is C21H28Cl2N4OS. The molecule has 1 amide bonds. The van der Waals surface area contributed by atoms with Crippen molar-refractivity contribution < 1.29 is 4.79 Å². The van der Waals surface area contributed by atoms with Gasteiger partial charge in [-0.25, -0.2) is 0 Å². The predicted molar refractivity (Wildman–Crippen MR) is 121 cm³/mol. The topological polar surface area (TPSA) is 59.8 Å². The van der Waals surface area contributed by atoms with Gasteiger partial charge in [-0.2, -0.15) is 0 Å². The molecule has 1 aromatic carbocycles. The summed E-state index contributed by atoms with van der Waals surface area (Å²) in [5.74, 6) is 1.47. The molecule has 0 bridgehead atoms. The van der Waals surface area contributed by atoms with Gasteiger partial charge in [0.2, 0.25) is 5.91 Å². The minimum Gasteiger partial charge on any atom is -0.353 e. The largest absolute Gasteiger partial charge is 0.353 e. The average Bonchev–Trinajstić information content (AvgIpc) is 3.10. The first-order valence-corrected chi connectivity index (χ1v) is 11.9. The van der Waals surface area contributed by atoms with Crippen LogP contribution in [0.15, 0.2) is 23.4 Å². The zero-order chi connectivity index (χ0) is 21.0. The maximum atomic E-state index is 12.4. The molecule has 0 spiro atoms. The molecule has 8 heteroatoms. The molecule has 158 valence electrons. The van der Waals surface area contributed by atoms with Gasteiger partial charge < -0.3 is 5.32 Å². The first kappa shape index (κ1) is 22.4. The Kier molecular flexibility index (Phi) is 7.88. The Bertz CT molecular complexity index is 849. The average molecular weight is 455 g/mol. The molecule has 1 aliphatic rings. The summed E-state index contributed by atoms with van der Waals surface area (Å²) in [4.78, 5) is 12.4. The molecule has 2 aromatic rings. The van der Waals surface area contributed by atoms with Gasteiger partial charge in [-0.3, -0.25) is 9.36 Å². The smallest absolute Gasteiger partial charge is 0.230 e. The summed E-state index contributed by atoms with van der Waals surface area (Å²) in [6.07, 6.45) is 5.80. The van der Waals surface area contributed by atoms with E-state index in [1.54, 1.807) is 6.07 Å². The molecule has 1 aromatic heterocycles. The number of halogens is 2. The molecule has 0 radical (unpaired) electrons. The van der Waals surface area contributed by atoms with Crippen LogP contribution in [0.25, 0.3) is 11.4 Å². The van der Waals surface area contributed by atoms with E-state index < -0.39 is 0 Å². The summed E-state index contributed by atoms with van der Waals surface area (Å²) in [5.41, 5.74) is 0.818. The third kappa shape index (κ3) is 5.68. The Morgan fingerprint density at radius 3 is 2.59 bits per heavy atom. The van der Waals surface area contributed by atoms with E-state index in [4.69, 9.17) is 23.2 Å². The second-order valence-electron chi connectivity index (χ2n) is 7.98. The molecule has 1 heterocycles. The van der Waals surface area contributed by atoms with Gasteiger partial charge >= 0.3 is 0 Å². The van der Waals surface area contributed by atoms with Crippen molar-refractivity contribution in [3.05, 3.63) is 28.2 Å². The van der Waals surface area contributed by atoms with Crippen molar-refractivity contribution in [3.63, 3.8) is 0 Å². The molecule has 1 aliphatic carbocycles. The van der Waals surface area contributed by atoms with E-state index in [1.165, 1.54) is 31.0 Å². The molecular weight excluding hydrogens is 427 g/mol. The van der Waals surface area contributed by atoms with Crippen molar-refractivity contribution in [3.8, 4) is 11.4 Å². The monoisotopic (exact) mass is 454 g/mol. The summed E-state index contributed by atoms with van der Waals surface area (Å²) in [6, 6.07) is 5.89. The number of hydrogen-bond acceptors (Lipinski definition) is 4. The molecule has 1 saturated carbocycles. The highest BCUT2D eigenvalue weighted by molar-refractivity contribution is 7.99.